The third kappa shape index (κ3) is 2.79. The zero-order chi connectivity index (χ0) is 13.1. The van der Waals surface area contributed by atoms with Gasteiger partial charge >= 0.3 is 0 Å². The first-order chi connectivity index (χ1) is 8.58. The van der Waals surface area contributed by atoms with Gasteiger partial charge in [0.15, 0.2) is 0 Å². The first kappa shape index (κ1) is 12.8. The maximum Gasteiger partial charge on any atom is 0.258 e. The van der Waals surface area contributed by atoms with Crippen LogP contribution in [0.4, 0.5) is 4.39 Å². The van der Waals surface area contributed by atoms with E-state index in [1.165, 1.54) is 18.2 Å². The SMILES string of the molecule is CC1CC(NC(=O)c2c(O)cccc2F)CCN1. The van der Waals surface area contributed by atoms with Crippen molar-refractivity contribution in [2.75, 3.05) is 6.54 Å². The Morgan fingerprint density at radius 2 is 2.33 bits per heavy atom. The number of amides is 1. The van der Waals surface area contributed by atoms with E-state index in [1.54, 1.807) is 0 Å². The predicted octanol–water partition coefficient (Wildman–Crippen LogP) is 1.40. The molecule has 1 amide bonds. The third-order valence-corrected chi connectivity index (χ3v) is 3.18. The Hall–Kier alpha value is -1.62. The fourth-order valence-electron chi connectivity index (χ4n) is 2.26. The van der Waals surface area contributed by atoms with Crippen LogP contribution in [0.1, 0.15) is 30.1 Å². The number of phenolic OH excluding ortho intramolecular Hbond substituents is 1. The van der Waals surface area contributed by atoms with E-state index < -0.39 is 11.7 Å². The summed E-state index contributed by atoms with van der Waals surface area (Å²) in [7, 11) is 0. The molecule has 4 nitrogen and oxygen atoms in total. The Bertz CT molecular complexity index is 430. The van der Waals surface area contributed by atoms with Crippen LogP contribution in [0.25, 0.3) is 0 Å². The summed E-state index contributed by atoms with van der Waals surface area (Å²) in [6.07, 6.45) is 1.62. The fraction of sp³-hybridized carbons (Fsp3) is 0.462. The zero-order valence-corrected chi connectivity index (χ0v) is 10.2. The monoisotopic (exact) mass is 252 g/mol. The molecule has 1 aromatic carbocycles. The van der Waals surface area contributed by atoms with E-state index in [9.17, 15) is 14.3 Å². The highest BCUT2D eigenvalue weighted by molar-refractivity contribution is 5.97. The number of carbonyl (C=O) groups excluding carboxylic acids is 1. The Labute approximate surface area is 105 Å². The fourth-order valence-corrected chi connectivity index (χ4v) is 2.26. The molecular formula is C13H17FN2O2. The molecule has 18 heavy (non-hydrogen) atoms. The lowest BCUT2D eigenvalue weighted by molar-refractivity contribution is 0.0918. The highest BCUT2D eigenvalue weighted by atomic mass is 19.1. The van der Waals surface area contributed by atoms with Gasteiger partial charge in [0.1, 0.15) is 17.1 Å². The van der Waals surface area contributed by atoms with Gasteiger partial charge in [0.25, 0.3) is 5.91 Å². The van der Waals surface area contributed by atoms with Gasteiger partial charge < -0.3 is 15.7 Å². The number of piperidine rings is 1. The van der Waals surface area contributed by atoms with E-state index in [0.717, 1.165) is 19.4 Å². The number of carbonyl (C=O) groups is 1. The molecule has 5 heteroatoms. The third-order valence-electron chi connectivity index (χ3n) is 3.18. The Kier molecular flexibility index (Phi) is 3.81. The number of hydrogen-bond donors (Lipinski definition) is 3. The molecule has 1 heterocycles. The number of halogens is 1. The standard InChI is InChI=1S/C13H17FN2O2/c1-8-7-9(5-6-15-8)16-13(18)12-10(14)3-2-4-11(12)17/h2-4,8-9,15,17H,5-7H2,1H3,(H,16,18). The summed E-state index contributed by atoms with van der Waals surface area (Å²) in [6, 6.07) is 4.20. The van der Waals surface area contributed by atoms with Crippen LogP contribution < -0.4 is 10.6 Å². The predicted molar refractivity (Wildman–Crippen MR) is 66.0 cm³/mol. The first-order valence-electron chi connectivity index (χ1n) is 6.09. The van der Waals surface area contributed by atoms with Gasteiger partial charge in [-0.05, 0) is 38.4 Å². The molecule has 98 valence electrons. The summed E-state index contributed by atoms with van der Waals surface area (Å²) in [5.41, 5.74) is -0.274. The van der Waals surface area contributed by atoms with E-state index in [-0.39, 0.29) is 17.4 Å². The molecule has 1 aromatic rings. The average Bonchev–Trinajstić information content (AvgIpc) is 2.28. The number of benzene rings is 1. The maximum absolute atomic E-state index is 13.5. The number of hydrogen-bond acceptors (Lipinski definition) is 3. The van der Waals surface area contributed by atoms with Crippen molar-refractivity contribution in [2.24, 2.45) is 0 Å². The van der Waals surface area contributed by atoms with Gasteiger partial charge in [-0.25, -0.2) is 4.39 Å². The molecule has 2 rings (SSSR count). The van der Waals surface area contributed by atoms with Crippen molar-refractivity contribution >= 4 is 5.91 Å². The summed E-state index contributed by atoms with van der Waals surface area (Å²) in [6.45, 7) is 2.87. The van der Waals surface area contributed by atoms with Crippen LogP contribution >= 0.6 is 0 Å². The van der Waals surface area contributed by atoms with E-state index >= 15 is 0 Å². The van der Waals surface area contributed by atoms with E-state index in [0.29, 0.717) is 6.04 Å². The second kappa shape index (κ2) is 5.35. The quantitative estimate of drug-likeness (QED) is 0.745. The molecule has 2 atom stereocenters. The lowest BCUT2D eigenvalue weighted by Gasteiger charge is -2.28. The van der Waals surface area contributed by atoms with Gasteiger partial charge in [-0.3, -0.25) is 4.79 Å². The van der Waals surface area contributed by atoms with Crippen molar-refractivity contribution in [3.8, 4) is 5.75 Å². The van der Waals surface area contributed by atoms with Crippen molar-refractivity contribution in [3.63, 3.8) is 0 Å². The lowest BCUT2D eigenvalue weighted by atomic mass is 10.00. The van der Waals surface area contributed by atoms with Crippen LogP contribution in [0.3, 0.4) is 0 Å². The minimum atomic E-state index is -0.700. The summed E-state index contributed by atoms with van der Waals surface area (Å²) in [4.78, 5) is 11.9. The van der Waals surface area contributed by atoms with Crippen LogP contribution in [0.2, 0.25) is 0 Å². The van der Waals surface area contributed by atoms with Gasteiger partial charge in [-0.1, -0.05) is 6.07 Å². The number of phenols is 1. The summed E-state index contributed by atoms with van der Waals surface area (Å²) >= 11 is 0. The second-order valence-electron chi connectivity index (χ2n) is 4.68. The molecule has 2 unspecified atom stereocenters. The topological polar surface area (TPSA) is 61.4 Å². The van der Waals surface area contributed by atoms with Gasteiger partial charge in [-0.15, -0.1) is 0 Å². The highest BCUT2D eigenvalue weighted by Gasteiger charge is 2.23. The van der Waals surface area contributed by atoms with Gasteiger partial charge in [0, 0.05) is 12.1 Å². The normalized spacial score (nSPS) is 23.7. The lowest BCUT2D eigenvalue weighted by Crippen LogP contribution is -2.46. The summed E-state index contributed by atoms with van der Waals surface area (Å²) in [5, 5.41) is 15.6. The molecule has 0 aliphatic carbocycles. The average molecular weight is 252 g/mol. The Balaban J connectivity index is 2.07. The van der Waals surface area contributed by atoms with Crippen LogP contribution in [-0.4, -0.2) is 29.6 Å². The highest BCUT2D eigenvalue weighted by Crippen LogP contribution is 2.20. The Morgan fingerprint density at radius 1 is 1.56 bits per heavy atom. The van der Waals surface area contributed by atoms with Crippen LogP contribution in [-0.2, 0) is 0 Å². The molecule has 1 aliphatic rings. The van der Waals surface area contributed by atoms with E-state index in [4.69, 9.17) is 0 Å². The molecule has 1 aliphatic heterocycles. The molecule has 1 saturated heterocycles. The largest absolute Gasteiger partial charge is 0.507 e. The van der Waals surface area contributed by atoms with Crippen molar-refractivity contribution in [1.82, 2.24) is 10.6 Å². The number of rotatable bonds is 2. The number of aromatic hydroxyl groups is 1. The van der Waals surface area contributed by atoms with Gasteiger partial charge in [0.2, 0.25) is 0 Å². The van der Waals surface area contributed by atoms with E-state index in [2.05, 4.69) is 10.6 Å². The molecule has 0 radical (unpaired) electrons. The Morgan fingerprint density at radius 3 is 3.00 bits per heavy atom. The van der Waals surface area contributed by atoms with Crippen molar-refractivity contribution in [1.29, 1.82) is 0 Å². The summed E-state index contributed by atoms with van der Waals surface area (Å²) < 4.78 is 13.5. The van der Waals surface area contributed by atoms with Gasteiger partial charge in [-0.2, -0.15) is 0 Å². The van der Waals surface area contributed by atoms with Crippen LogP contribution in [0.5, 0.6) is 5.75 Å². The molecule has 1 fully saturated rings. The first-order valence-corrected chi connectivity index (χ1v) is 6.09. The molecule has 0 bridgehead atoms. The maximum atomic E-state index is 13.5. The van der Waals surface area contributed by atoms with Crippen LogP contribution in [0.15, 0.2) is 18.2 Å². The summed E-state index contributed by atoms with van der Waals surface area (Å²) in [5.74, 6) is -1.58. The zero-order valence-electron chi connectivity index (χ0n) is 10.2. The van der Waals surface area contributed by atoms with E-state index in [1.807, 2.05) is 6.92 Å². The molecule has 3 N–H and O–H groups in total. The van der Waals surface area contributed by atoms with Crippen molar-refractivity contribution in [3.05, 3.63) is 29.6 Å². The second-order valence-corrected chi connectivity index (χ2v) is 4.68. The number of nitrogens with one attached hydrogen (secondary N) is 2. The molecule has 0 aromatic heterocycles. The molecule has 0 saturated carbocycles. The van der Waals surface area contributed by atoms with Crippen molar-refractivity contribution in [2.45, 2.75) is 31.8 Å². The molecular weight excluding hydrogens is 235 g/mol. The van der Waals surface area contributed by atoms with Gasteiger partial charge in [0.05, 0.1) is 0 Å². The minimum absolute atomic E-state index is 0.0211. The van der Waals surface area contributed by atoms with Crippen LogP contribution in [0, 0.1) is 5.82 Å². The smallest absolute Gasteiger partial charge is 0.258 e. The minimum Gasteiger partial charge on any atom is -0.507 e. The van der Waals surface area contributed by atoms with Crippen molar-refractivity contribution < 1.29 is 14.3 Å². The molecule has 0 spiro atoms.